The molecular weight excluding hydrogens is 331 g/mol. The molecule has 0 atom stereocenters. The number of benzene rings is 1. The summed E-state index contributed by atoms with van der Waals surface area (Å²) >= 11 is 5.74. The Morgan fingerprint density at radius 2 is 1.91 bits per heavy atom. The van der Waals surface area contributed by atoms with Crippen LogP contribution in [0.5, 0.6) is 0 Å². The molecule has 0 aromatic heterocycles. The molecular formula is C14H18ClFN2O3S. The van der Waals surface area contributed by atoms with Crippen LogP contribution in [0.1, 0.15) is 0 Å². The van der Waals surface area contributed by atoms with Crippen molar-refractivity contribution >= 4 is 21.6 Å². The monoisotopic (exact) mass is 348 g/mol. The lowest BCUT2D eigenvalue weighted by molar-refractivity contribution is 0.0192. The first kappa shape index (κ1) is 16.1. The highest BCUT2D eigenvalue weighted by Crippen LogP contribution is 2.28. The second kappa shape index (κ2) is 6.41. The number of hydrogen-bond donors (Lipinski definition) is 0. The van der Waals surface area contributed by atoms with E-state index in [0.717, 1.165) is 45.0 Å². The average Bonchev–Trinajstić information content (AvgIpc) is 2.42. The van der Waals surface area contributed by atoms with E-state index in [4.69, 9.17) is 16.3 Å². The van der Waals surface area contributed by atoms with Gasteiger partial charge in [0.2, 0.25) is 10.0 Å². The SMILES string of the molecule is O=S(=O)(c1cc(F)cc(Cl)c1)N1CC(CN2CCOCC2)C1. The molecule has 0 unspecified atom stereocenters. The largest absolute Gasteiger partial charge is 0.379 e. The highest BCUT2D eigenvalue weighted by Gasteiger charge is 2.37. The number of nitrogens with zero attached hydrogens (tertiary/aromatic N) is 2. The van der Waals surface area contributed by atoms with Crippen LogP contribution in [-0.2, 0) is 14.8 Å². The molecule has 122 valence electrons. The molecule has 2 saturated heterocycles. The third-order valence-corrected chi connectivity index (χ3v) is 6.05. The number of hydrogen-bond acceptors (Lipinski definition) is 4. The Balaban J connectivity index is 1.61. The van der Waals surface area contributed by atoms with Gasteiger partial charge in [-0.3, -0.25) is 4.90 Å². The molecule has 3 rings (SSSR count). The fraction of sp³-hybridized carbons (Fsp3) is 0.571. The summed E-state index contributed by atoms with van der Waals surface area (Å²) < 4.78 is 44.9. The Kier molecular flexibility index (Phi) is 4.70. The van der Waals surface area contributed by atoms with E-state index in [1.54, 1.807) is 0 Å². The van der Waals surface area contributed by atoms with E-state index in [2.05, 4.69) is 4.90 Å². The minimum absolute atomic E-state index is 0.0812. The van der Waals surface area contributed by atoms with Gasteiger partial charge in [-0.05, 0) is 24.1 Å². The summed E-state index contributed by atoms with van der Waals surface area (Å²) in [5, 5.41) is 0.0870. The summed E-state index contributed by atoms with van der Waals surface area (Å²) in [5.41, 5.74) is 0. The van der Waals surface area contributed by atoms with Gasteiger partial charge in [-0.1, -0.05) is 11.6 Å². The van der Waals surface area contributed by atoms with Gasteiger partial charge in [0, 0.05) is 37.7 Å². The molecule has 2 aliphatic rings. The van der Waals surface area contributed by atoms with Gasteiger partial charge in [-0.2, -0.15) is 4.31 Å². The summed E-state index contributed by atoms with van der Waals surface area (Å²) in [6.07, 6.45) is 0. The minimum atomic E-state index is -3.66. The van der Waals surface area contributed by atoms with Gasteiger partial charge in [-0.25, -0.2) is 12.8 Å². The lowest BCUT2D eigenvalue weighted by atomic mass is 10.0. The molecule has 1 aromatic rings. The van der Waals surface area contributed by atoms with Crippen molar-refractivity contribution in [3.05, 3.63) is 29.0 Å². The minimum Gasteiger partial charge on any atom is -0.379 e. The summed E-state index contributed by atoms with van der Waals surface area (Å²) in [6.45, 7) is 5.06. The molecule has 2 heterocycles. The van der Waals surface area contributed by atoms with Crippen LogP contribution in [0.3, 0.4) is 0 Å². The Morgan fingerprint density at radius 3 is 2.55 bits per heavy atom. The fourth-order valence-corrected chi connectivity index (χ4v) is 4.75. The summed E-state index contributed by atoms with van der Waals surface area (Å²) in [5.74, 6) is -0.326. The molecule has 0 spiro atoms. The van der Waals surface area contributed by atoms with E-state index >= 15 is 0 Å². The van der Waals surface area contributed by atoms with Gasteiger partial charge in [0.1, 0.15) is 5.82 Å². The normalized spacial score (nSPS) is 21.7. The molecule has 0 radical (unpaired) electrons. The maximum atomic E-state index is 13.3. The van der Waals surface area contributed by atoms with Crippen molar-refractivity contribution in [3.8, 4) is 0 Å². The van der Waals surface area contributed by atoms with Gasteiger partial charge in [0.25, 0.3) is 0 Å². The first-order valence-electron chi connectivity index (χ1n) is 7.21. The molecule has 0 amide bonds. The number of ether oxygens (including phenoxy) is 1. The second-order valence-corrected chi connectivity index (χ2v) is 8.08. The van der Waals surface area contributed by atoms with Crippen LogP contribution >= 0.6 is 11.6 Å². The maximum absolute atomic E-state index is 13.3. The lowest BCUT2D eigenvalue weighted by Gasteiger charge is -2.41. The third-order valence-electron chi connectivity index (χ3n) is 4.02. The Hall–Kier alpha value is -0.730. The zero-order valence-corrected chi connectivity index (χ0v) is 13.6. The van der Waals surface area contributed by atoms with Crippen molar-refractivity contribution in [2.24, 2.45) is 5.92 Å². The second-order valence-electron chi connectivity index (χ2n) is 5.71. The van der Waals surface area contributed by atoms with Gasteiger partial charge >= 0.3 is 0 Å². The van der Waals surface area contributed by atoms with Crippen LogP contribution in [-0.4, -0.2) is 63.6 Å². The van der Waals surface area contributed by atoms with E-state index in [9.17, 15) is 12.8 Å². The Labute approximate surface area is 134 Å². The van der Waals surface area contributed by atoms with Gasteiger partial charge in [-0.15, -0.1) is 0 Å². The Bertz CT molecular complexity index is 623. The molecule has 5 nitrogen and oxygen atoms in total. The molecule has 0 aliphatic carbocycles. The molecule has 8 heteroatoms. The van der Waals surface area contributed by atoms with Crippen LogP contribution in [0.2, 0.25) is 5.02 Å². The summed E-state index contributed by atoms with van der Waals surface area (Å²) in [7, 11) is -3.66. The predicted octanol–water partition coefficient (Wildman–Crippen LogP) is 1.43. The van der Waals surface area contributed by atoms with Crippen molar-refractivity contribution in [2.75, 3.05) is 45.9 Å². The van der Waals surface area contributed by atoms with Crippen LogP contribution in [0, 0.1) is 11.7 Å². The average molecular weight is 349 g/mol. The van der Waals surface area contributed by atoms with Gasteiger partial charge in [0.15, 0.2) is 0 Å². The lowest BCUT2D eigenvalue weighted by Crippen LogP contribution is -2.54. The highest BCUT2D eigenvalue weighted by atomic mass is 35.5. The third kappa shape index (κ3) is 3.44. The van der Waals surface area contributed by atoms with E-state index < -0.39 is 15.8 Å². The van der Waals surface area contributed by atoms with Crippen LogP contribution < -0.4 is 0 Å². The van der Waals surface area contributed by atoms with E-state index in [-0.39, 0.29) is 9.92 Å². The first-order valence-corrected chi connectivity index (χ1v) is 9.03. The molecule has 0 N–H and O–H groups in total. The quantitative estimate of drug-likeness (QED) is 0.826. The predicted molar refractivity (Wildman–Crippen MR) is 80.9 cm³/mol. The smallest absolute Gasteiger partial charge is 0.243 e. The van der Waals surface area contributed by atoms with Crippen LogP contribution in [0.25, 0.3) is 0 Å². The molecule has 0 bridgehead atoms. The Morgan fingerprint density at radius 1 is 1.23 bits per heavy atom. The van der Waals surface area contributed by atoms with Crippen molar-refractivity contribution in [1.29, 1.82) is 0 Å². The summed E-state index contributed by atoms with van der Waals surface area (Å²) in [6, 6.07) is 3.39. The fourth-order valence-electron chi connectivity index (χ4n) is 2.81. The molecule has 1 aromatic carbocycles. The van der Waals surface area contributed by atoms with Crippen LogP contribution in [0.4, 0.5) is 4.39 Å². The number of rotatable bonds is 4. The van der Waals surface area contributed by atoms with E-state index in [0.29, 0.717) is 19.0 Å². The molecule has 2 aliphatic heterocycles. The van der Waals surface area contributed by atoms with Crippen LogP contribution in [0.15, 0.2) is 23.1 Å². The van der Waals surface area contributed by atoms with E-state index in [1.807, 2.05) is 0 Å². The number of halogens is 2. The van der Waals surface area contributed by atoms with Crippen molar-refractivity contribution < 1.29 is 17.5 Å². The van der Waals surface area contributed by atoms with Gasteiger partial charge in [0.05, 0.1) is 18.1 Å². The summed E-state index contributed by atoms with van der Waals surface area (Å²) in [4.78, 5) is 2.21. The van der Waals surface area contributed by atoms with Crippen molar-refractivity contribution in [2.45, 2.75) is 4.90 Å². The van der Waals surface area contributed by atoms with Crippen molar-refractivity contribution in [3.63, 3.8) is 0 Å². The number of morpholine rings is 1. The maximum Gasteiger partial charge on any atom is 0.243 e. The highest BCUT2D eigenvalue weighted by molar-refractivity contribution is 7.89. The molecule has 2 fully saturated rings. The van der Waals surface area contributed by atoms with Crippen molar-refractivity contribution in [1.82, 2.24) is 9.21 Å². The first-order chi connectivity index (χ1) is 10.4. The topological polar surface area (TPSA) is 49.9 Å². The standard InChI is InChI=1S/C14H18ClFN2O3S/c15-12-5-13(16)7-14(6-12)22(19,20)18-9-11(10-18)8-17-1-3-21-4-2-17/h5-7,11H,1-4,8-10H2. The van der Waals surface area contributed by atoms with E-state index in [1.165, 1.54) is 10.4 Å². The molecule has 22 heavy (non-hydrogen) atoms. The zero-order chi connectivity index (χ0) is 15.7. The molecule has 0 saturated carbocycles. The van der Waals surface area contributed by atoms with Gasteiger partial charge < -0.3 is 4.74 Å². The number of sulfonamides is 1. The zero-order valence-electron chi connectivity index (χ0n) is 12.0.